The topological polar surface area (TPSA) is 98.0 Å². The molecule has 11 heavy (non-hydrogen) atoms. The van der Waals surface area contributed by atoms with Crippen molar-refractivity contribution >= 4 is 5.78 Å². The van der Waals surface area contributed by atoms with Crippen molar-refractivity contribution in [1.82, 2.24) is 0 Å². The molecule has 1 saturated carbocycles. The summed E-state index contributed by atoms with van der Waals surface area (Å²) in [6, 6.07) is 0. The molecular weight excluding hydrogens is 152 g/mol. The van der Waals surface area contributed by atoms with Crippen LogP contribution in [0.5, 0.6) is 0 Å². The van der Waals surface area contributed by atoms with Crippen LogP contribution in [0.4, 0.5) is 0 Å². The molecule has 0 spiro atoms. The average Bonchev–Trinajstić information content (AvgIpc) is 1.97. The first kappa shape index (κ1) is 8.61. The van der Waals surface area contributed by atoms with Crippen LogP contribution in [0.3, 0.4) is 0 Å². The second kappa shape index (κ2) is 2.86. The number of aliphatic hydroxyl groups excluding tert-OH is 4. The third kappa shape index (κ3) is 1.41. The summed E-state index contributed by atoms with van der Waals surface area (Å²) in [4.78, 5) is 10.7. The van der Waals surface area contributed by atoms with Crippen molar-refractivity contribution < 1.29 is 25.2 Å². The van der Waals surface area contributed by atoms with Crippen LogP contribution in [-0.4, -0.2) is 50.6 Å². The second-order valence-electron chi connectivity index (χ2n) is 2.66. The molecule has 0 radical (unpaired) electrons. The van der Waals surface area contributed by atoms with Crippen LogP contribution < -0.4 is 0 Å². The van der Waals surface area contributed by atoms with Gasteiger partial charge in [0.1, 0.15) is 12.2 Å². The summed E-state index contributed by atoms with van der Waals surface area (Å²) in [5.41, 5.74) is 0. The molecule has 4 N–H and O–H groups in total. The summed E-state index contributed by atoms with van der Waals surface area (Å²) in [7, 11) is 0. The van der Waals surface area contributed by atoms with Crippen molar-refractivity contribution in [3.05, 3.63) is 0 Å². The van der Waals surface area contributed by atoms with E-state index in [0.717, 1.165) is 0 Å². The summed E-state index contributed by atoms with van der Waals surface area (Å²) in [6.45, 7) is 0. The van der Waals surface area contributed by atoms with E-state index in [0.29, 0.717) is 0 Å². The van der Waals surface area contributed by atoms with Gasteiger partial charge in [-0.25, -0.2) is 0 Å². The largest absolute Gasteiger partial charge is 0.390 e. The molecule has 0 aromatic heterocycles. The zero-order chi connectivity index (χ0) is 8.59. The van der Waals surface area contributed by atoms with Crippen LogP contribution >= 0.6 is 0 Å². The molecule has 0 aromatic rings. The van der Waals surface area contributed by atoms with Crippen molar-refractivity contribution in [2.75, 3.05) is 0 Å². The minimum Gasteiger partial charge on any atom is -0.390 e. The molecule has 1 aliphatic carbocycles. The van der Waals surface area contributed by atoms with Gasteiger partial charge in [0.25, 0.3) is 0 Å². The number of Topliss-reactive ketones (excluding diaryl/α,β-unsaturated/α-hetero) is 1. The van der Waals surface area contributed by atoms with Crippen LogP contribution in [0.2, 0.25) is 0 Å². The highest BCUT2D eigenvalue weighted by Crippen LogP contribution is 2.16. The van der Waals surface area contributed by atoms with E-state index in [1.54, 1.807) is 0 Å². The average molecular weight is 162 g/mol. The summed E-state index contributed by atoms with van der Waals surface area (Å²) < 4.78 is 0. The molecule has 0 amide bonds. The number of ketones is 1. The Morgan fingerprint density at radius 1 is 1.00 bits per heavy atom. The molecule has 0 bridgehead atoms. The molecule has 5 nitrogen and oxygen atoms in total. The van der Waals surface area contributed by atoms with Crippen molar-refractivity contribution in [1.29, 1.82) is 0 Å². The Balaban J connectivity index is 2.71. The van der Waals surface area contributed by atoms with Gasteiger partial charge in [-0.1, -0.05) is 0 Å². The number of carbonyl (C=O) groups excluding carboxylic acids is 1. The molecule has 0 aliphatic heterocycles. The SMILES string of the molecule is O=C1[C@@H](O)[C@H](O)CC(O)[C@H]1O. The standard InChI is InChI=1S/C6H10O5/c7-2-1-3(8)5(10)6(11)4(2)9/h2-5,7-10H,1H2/t2-,3?,4+,5-/m1/s1. The van der Waals surface area contributed by atoms with Crippen LogP contribution in [0.25, 0.3) is 0 Å². The number of carbonyl (C=O) groups is 1. The Bertz CT molecular complexity index is 152. The molecule has 4 atom stereocenters. The van der Waals surface area contributed by atoms with Gasteiger partial charge in [-0.2, -0.15) is 0 Å². The fourth-order valence-corrected chi connectivity index (χ4v) is 1.06. The zero-order valence-electron chi connectivity index (χ0n) is 5.71. The van der Waals surface area contributed by atoms with E-state index in [1.807, 2.05) is 0 Å². The third-order valence-electron chi connectivity index (χ3n) is 1.79. The lowest BCUT2D eigenvalue weighted by atomic mass is 9.89. The first-order valence-electron chi connectivity index (χ1n) is 3.30. The van der Waals surface area contributed by atoms with Crippen molar-refractivity contribution in [3.8, 4) is 0 Å². The van der Waals surface area contributed by atoms with Crippen molar-refractivity contribution in [2.24, 2.45) is 0 Å². The zero-order valence-corrected chi connectivity index (χ0v) is 5.71. The predicted octanol–water partition coefficient (Wildman–Crippen LogP) is -2.60. The van der Waals surface area contributed by atoms with E-state index in [9.17, 15) is 4.79 Å². The monoisotopic (exact) mass is 162 g/mol. The van der Waals surface area contributed by atoms with Gasteiger partial charge in [0.15, 0.2) is 5.78 Å². The molecule has 0 aromatic carbocycles. The second-order valence-corrected chi connectivity index (χ2v) is 2.66. The highest BCUT2D eigenvalue weighted by molar-refractivity contribution is 5.88. The first-order chi connectivity index (χ1) is 5.04. The maximum Gasteiger partial charge on any atom is 0.194 e. The lowest BCUT2D eigenvalue weighted by Gasteiger charge is -2.29. The summed E-state index contributed by atoms with van der Waals surface area (Å²) >= 11 is 0. The minimum absolute atomic E-state index is 0.173. The number of hydrogen-bond donors (Lipinski definition) is 4. The fraction of sp³-hybridized carbons (Fsp3) is 0.833. The van der Waals surface area contributed by atoms with Crippen LogP contribution in [0.1, 0.15) is 6.42 Å². The van der Waals surface area contributed by atoms with Gasteiger partial charge in [0.05, 0.1) is 12.2 Å². The number of rotatable bonds is 0. The highest BCUT2D eigenvalue weighted by atomic mass is 16.4. The van der Waals surface area contributed by atoms with Gasteiger partial charge in [0.2, 0.25) is 0 Å². The normalized spacial score (nSPS) is 46.0. The molecule has 0 heterocycles. The van der Waals surface area contributed by atoms with E-state index in [4.69, 9.17) is 20.4 Å². The van der Waals surface area contributed by atoms with Gasteiger partial charge in [-0.15, -0.1) is 0 Å². The maximum absolute atomic E-state index is 10.7. The lowest BCUT2D eigenvalue weighted by Crippen LogP contribution is -2.52. The molecular formula is C6H10O5. The molecule has 64 valence electrons. The molecule has 1 aliphatic rings. The summed E-state index contributed by atoms with van der Waals surface area (Å²) in [5, 5.41) is 35.5. The van der Waals surface area contributed by atoms with E-state index in [-0.39, 0.29) is 6.42 Å². The molecule has 1 unspecified atom stereocenters. The van der Waals surface area contributed by atoms with E-state index < -0.39 is 30.2 Å². The summed E-state index contributed by atoms with van der Waals surface area (Å²) in [5.74, 6) is -0.920. The molecule has 0 saturated heterocycles. The summed E-state index contributed by atoms with van der Waals surface area (Å²) in [6.07, 6.45) is -5.82. The first-order valence-corrected chi connectivity index (χ1v) is 3.30. The Kier molecular flexibility index (Phi) is 2.24. The highest BCUT2D eigenvalue weighted by Gasteiger charge is 2.40. The van der Waals surface area contributed by atoms with Gasteiger partial charge >= 0.3 is 0 Å². The van der Waals surface area contributed by atoms with Crippen LogP contribution in [-0.2, 0) is 4.79 Å². The molecule has 1 fully saturated rings. The number of hydrogen-bond acceptors (Lipinski definition) is 5. The Hall–Kier alpha value is -0.490. The molecule has 5 heteroatoms. The van der Waals surface area contributed by atoms with Gasteiger partial charge < -0.3 is 20.4 Å². The lowest BCUT2D eigenvalue weighted by molar-refractivity contribution is -0.159. The predicted molar refractivity (Wildman–Crippen MR) is 33.7 cm³/mol. The van der Waals surface area contributed by atoms with E-state index in [1.165, 1.54) is 0 Å². The fourth-order valence-electron chi connectivity index (χ4n) is 1.06. The number of aliphatic hydroxyl groups is 4. The maximum atomic E-state index is 10.7. The van der Waals surface area contributed by atoms with E-state index in [2.05, 4.69) is 0 Å². The van der Waals surface area contributed by atoms with Crippen LogP contribution in [0, 0.1) is 0 Å². The smallest absolute Gasteiger partial charge is 0.194 e. The van der Waals surface area contributed by atoms with Crippen molar-refractivity contribution in [3.63, 3.8) is 0 Å². The van der Waals surface area contributed by atoms with Gasteiger partial charge in [-0.3, -0.25) is 4.79 Å². The van der Waals surface area contributed by atoms with Gasteiger partial charge in [-0.05, 0) is 0 Å². The quantitative estimate of drug-likeness (QED) is 0.313. The third-order valence-corrected chi connectivity index (χ3v) is 1.79. The Morgan fingerprint density at radius 3 is 1.73 bits per heavy atom. The van der Waals surface area contributed by atoms with Gasteiger partial charge in [0, 0.05) is 6.42 Å². The van der Waals surface area contributed by atoms with E-state index >= 15 is 0 Å². The minimum atomic E-state index is -1.56. The Labute approximate surface area is 62.9 Å². The van der Waals surface area contributed by atoms with Crippen molar-refractivity contribution in [2.45, 2.75) is 30.8 Å². The molecule has 1 rings (SSSR count). The Morgan fingerprint density at radius 2 is 1.36 bits per heavy atom. The van der Waals surface area contributed by atoms with Crippen LogP contribution in [0.15, 0.2) is 0 Å².